The molecule has 1 saturated heterocycles. The second-order valence-corrected chi connectivity index (χ2v) is 20.4. The molecule has 4 rings (SSSR count). The first-order chi connectivity index (χ1) is 21.8. The summed E-state index contributed by atoms with van der Waals surface area (Å²) in [6.07, 6.45) is 3.54. The number of aromatic nitrogens is 2. The van der Waals surface area contributed by atoms with Gasteiger partial charge in [0, 0.05) is 37.0 Å². The maximum Gasteiger partial charge on any atom is 0.285 e. The van der Waals surface area contributed by atoms with Crippen molar-refractivity contribution in [3.05, 3.63) is 41.7 Å². The van der Waals surface area contributed by atoms with Gasteiger partial charge in [-0.25, -0.2) is 0 Å². The SMILES string of the molecule is CC(C)C[C@H](NC(=O)[C@@H]1CCCC[C@@H]1NC(=O)c1ccccc1)C(O[Si](C)(C)C(C)(C)C)c1noc(SCCN2CCOCC2)n1. The van der Waals surface area contributed by atoms with Crippen molar-refractivity contribution >= 4 is 31.9 Å². The Morgan fingerprint density at radius 2 is 1.80 bits per heavy atom. The van der Waals surface area contributed by atoms with Crippen LogP contribution in [0.3, 0.4) is 0 Å². The van der Waals surface area contributed by atoms with Gasteiger partial charge in [-0.1, -0.05) is 82.6 Å². The van der Waals surface area contributed by atoms with Crippen molar-refractivity contribution in [1.82, 2.24) is 25.7 Å². The molecule has 2 amide bonds. The second-order valence-electron chi connectivity index (χ2n) is 14.6. The van der Waals surface area contributed by atoms with Crippen LogP contribution in [0.1, 0.15) is 89.0 Å². The molecule has 0 spiro atoms. The normalized spacial score (nSPS) is 21.1. The second kappa shape index (κ2) is 16.7. The van der Waals surface area contributed by atoms with Gasteiger partial charge in [0.05, 0.1) is 25.2 Å². The molecule has 4 atom stereocenters. The summed E-state index contributed by atoms with van der Waals surface area (Å²) in [6, 6.07) is 8.60. The third-order valence-electron chi connectivity index (χ3n) is 9.52. The van der Waals surface area contributed by atoms with E-state index < -0.39 is 14.4 Å². The van der Waals surface area contributed by atoms with Crippen molar-refractivity contribution in [2.75, 3.05) is 38.6 Å². The zero-order chi connectivity index (χ0) is 33.3. The van der Waals surface area contributed by atoms with E-state index in [1.165, 1.54) is 0 Å². The quantitative estimate of drug-likeness (QED) is 0.182. The lowest BCUT2D eigenvalue weighted by Crippen LogP contribution is -2.53. The number of nitrogens with one attached hydrogen (secondary N) is 2. The average molecular weight is 674 g/mol. The summed E-state index contributed by atoms with van der Waals surface area (Å²) in [5.41, 5.74) is 0.600. The van der Waals surface area contributed by atoms with Crippen LogP contribution in [0.5, 0.6) is 0 Å². The van der Waals surface area contributed by atoms with Crippen LogP contribution in [0.15, 0.2) is 40.1 Å². The summed E-state index contributed by atoms with van der Waals surface area (Å²) in [5, 5.41) is 11.4. The van der Waals surface area contributed by atoms with Crippen molar-refractivity contribution in [3.8, 4) is 0 Å². The number of hydrogen-bond acceptors (Lipinski definition) is 9. The lowest BCUT2D eigenvalue weighted by atomic mass is 9.83. The molecule has 12 heteroatoms. The van der Waals surface area contributed by atoms with Crippen LogP contribution in [-0.4, -0.2) is 85.9 Å². The molecule has 1 aliphatic carbocycles. The molecule has 1 aliphatic heterocycles. The van der Waals surface area contributed by atoms with E-state index in [4.69, 9.17) is 18.7 Å². The van der Waals surface area contributed by atoms with Crippen molar-refractivity contribution < 1.29 is 23.3 Å². The highest BCUT2D eigenvalue weighted by Gasteiger charge is 2.44. The Kier molecular flexibility index (Phi) is 13.3. The number of morpholine rings is 1. The summed E-state index contributed by atoms with van der Waals surface area (Å²) >= 11 is 1.55. The Bertz CT molecular complexity index is 1250. The zero-order valence-corrected chi connectivity index (χ0v) is 30.7. The van der Waals surface area contributed by atoms with E-state index in [0.29, 0.717) is 23.0 Å². The number of amides is 2. The fourth-order valence-corrected chi connectivity index (χ4v) is 7.83. The largest absolute Gasteiger partial charge is 0.404 e. The van der Waals surface area contributed by atoms with Crippen LogP contribution in [0.25, 0.3) is 0 Å². The lowest BCUT2D eigenvalue weighted by Gasteiger charge is -2.41. The van der Waals surface area contributed by atoms with Crippen LogP contribution < -0.4 is 10.6 Å². The Morgan fingerprint density at radius 1 is 1.11 bits per heavy atom. The van der Waals surface area contributed by atoms with E-state index >= 15 is 0 Å². The number of carbonyl (C=O) groups is 2. The molecule has 2 fully saturated rings. The third kappa shape index (κ3) is 10.4. The predicted octanol–water partition coefficient (Wildman–Crippen LogP) is 6.08. The standard InChI is InChI=1S/C34H55N5O5SSi/c1-24(2)23-28(36-32(41)26-15-11-12-16-27(26)35-31(40)25-13-9-8-10-14-25)29(44-46(6,7)34(3,4)5)30-37-33(43-38-30)45-22-19-39-17-20-42-21-18-39/h8-10,13-14,24,26-29H,11-12,15-23H2,1-7H3,(H,35,40)(H,36,41)/t26-,27+,28+,29?/m1/s1. The van der Waals surface area contributed by atoms with Gasteiger partial charge >= 0.3 is 0 Å². The number of rotatable bonds is 14. The number of ether oxygens (including phenoxy) is 1. The molecular weight excluding hydrogens is 619 g/mol. The molecule has 2 N–H and O–H groups in total. The first-order valence-electron chi connectivity index (χ1n) is 16.9. The van der Waals surface area contributed by atoms with Crippen molar-refractivity contribution in [2.45, 2.75) is 108 Å². The molecule has 1 saturated carbocycles. The Balaban J connectivity index is 1.53. The number of carbonyl (C=O) groups excluding carboxylic acids is 2. The molecule has 10 nitrogen and oxygen atoms in total. The molecular formula is C34H55N5O5SSi. The minimum Gasteiger partial charge on any atom is -0.404 e. The first-order valence-corrected chi connectivity index (χ1v) is 20.8. The van der Waals surface area contributed by atoms with Crippen LogP contribution in [0.4, 0.5) is 0 Å². The number of benzene rings is 1. The zero-order valence-electron chi connectivity index (χ0n) is 28.8. The van der Waals surface area contributed by atoms with Gasteiger partial charge in [0.25, 0.3) is 11.1 Å². The maximum absolute atomic E-state index is 14.1. The Labute approximate surface area is 280 Å². The highest BCUT2D eigenvalue weighted by atomic mass is 32.2. The van der Waals surface area contributed by atoms with Gasteiger partial charge < -0.3 is 24.3 Å². The summed E-state index contributed by atoms with van der Waals surface area (Å²) in [4.78, 5) is 34.4. The van der Waals surface area contributed by atoms with Gasteiger partial charge in [-0.3, -0.25) is 14.5 Å². The number of hydrogen-bond donors (Lipinski definition) is 2. The smallest absolute Gasteiger partial charge is 0.285 e. The highest BCUT2D eigenvalue weighted by Crippen LogP contribution is 2.41. The Morgan fingerprint density at radius 3 is 2.48 bits per heavy atom. The van der Waals surface area contributed by atoms with Crippen LogP contribution in [0, 0.1) is 11.8 Å². The molecule has 0 radical (unpaired) electrons. The van der Waals surface area contributed by atoms with E-state index in [2.05, 4.69) is 68.4 Å². The highest BCUT2D eigenvalue weighted by molar-refractivity contribution is 7.99. The molecule has 0 bridgehead atoms. The molecule has 2 aromatic rings. The molecule has 1 aromatic carbocycles. The summed E-state index contributed by atoms with van der Waals surface area (Å²) < 4.78 is 18.3. The van der Waals surface area contributed by atoms with Crippen molar-refractivity contribution in [3.63, 3.8) is 0 Å². The third-order valence-corrected chi connectivity index (χ3v) is 14.8. The van der Waals surface area contributed by atoms with Crippen molar-refractivity contribution in [2.24, 2.45) is 11.8 Å². The fraction of sp³-hybridized carbons (Fsp3) is 0.706. The molecule has 2 aliphatic rings. The minimum atomic E-state index is -2.32. The lowest BCUT2D eigenvalue weighted by molar-refractivity contribution is -0.128. The number of nitrogens with zero attached hydrogens (tertiary/aromatic N) is 3. The maximum atomic E-state index is 14.1. The van der Waals surface area contributed by atoms with Gasteiger partial charge in [0.15, 0.2) is 8.32 Å². The van der Waals surface area contributed by atoms with E-state index in [9.17, 15) is 9.59 Å². The summed E-state index contributed by atoms with van der Waals surface area (Å²) in [6.45, 7) is 19.7. The molecule has 1 aromatic heterocycles. The van der Waals surface area contributed by atoms with Gasteiger partial charge in [0.1, 0.15) is 6.10 Å². The Hall–Kier alpha value is -2.25. The monoisotopic (exact) mass is 673 g/mol. The van der Waals surface area contributed by atoms with Gasteiger partial charge in [-0.05, 0) is 55.4 Å². The predicted molar refractivity (Wildman–Crippen MR) is 184 cm³/mol. The van der Waals surface area contributed by atoms with Crippen molar-refractivity contribution in [1.29, 1.82) is 0 Å². The first kappa shape index (κ1) is 36.6. The van der Waals surface area contributed by atoms with Crippen LogP contribution in [-0.2, 0) is 14.0 Å². The fourth-order valence-electron chi connectivity index (χ4n) is 5.80. The molecule has 2 heterocycles. The van der Waals surface area contributed by atoms with Gasteiger partial charge in [0.2, 0.25) is 11.7 Å². The summed E-state index contributed by atoms with van der Waals surface area (Å²) in [7, 11) is -2.32. The van der Waals surface area contributed by atoms with E-state index in [1.807, 2.05) is 18.2 Å². The van der Waals surface area contributed by atoms with Crippen LogP contribution in [0.2, 0.25) is 18.1 Å². The number of thioether (sulfide) groups is 1. The topological polar surface area (TPSA) is 119 Å². The van der Waals surface area contributed by atoms with Crippen LogP contribution >= 0.6 is 11.8 Å². The van der Waals surface area contributed by atoms with E-state index in [0.717, 1.165) is 64.3 Å². The molecule has 256 valence electrons. The molecule has 1 unspecified atom stereocenters. The minimum absolute atomic E-state index is 0.0591. The van der Waals surface area contributed by atoms with E-state index in [-0.39, 0.29) is 40.8 Å². The van der Waals surface area contributed by atoms with Gasteiger partial charge in [-0.15, -0.1) is 0 Å². The molecule has 46 heavy (non-hydrogen) atoms. The summed E-state index contributed by atoms with van der Waals surface area (Å²) in [5.74, 6) is 1.05. The van der Waals surface area contributed by atoms with E-state index in [1.54, 1.807) is 23.9 Å². The average Bonchev–Trinajstić information content (AvgIpc) is 3.48. The van der Waals surface area contributed by atoms with Gasteiger partial charge in [-0.2, -0.15) is 4.98 Å².